The van der Waals surface area contributed by atoms with Crippen molar-refractivity contribution in [2.24, 2.45) is 0 Å². The van der Waals surface area contributed by atoms with Crippen LogP contribution in [0.3, 0.4) is 0 Å². The number of hydrogen-bond donors (Lipinski definition) is 0. The summed E-state index contributed by atoms with van der Waals surface area (Å²) in [5.74, 6) is 0.913. The number of aromatic nitrogens is 2. The first kappa shape index (κ1) is 20.6. The Morgan fingerprint density at radius 2 is 1.79 bits per heavy atom. The lowest BCUT2D eigenvalue weighted by Crippen LogP contribution is -2.15. The van der Waals surface area contributed by atoms with E-state index >= 15 is 0 Å². The zero-order valence-corrected chi connectivity index (χ0v) is 16.2. The monoisotopic (exact) mass is 404 g/mol. The Morgan fingerprint density at radius 1 is 1.10 bits per heavy atom. The molecule has 0 fully saturated rings. The molecular weight excluding hydrogens is 382 g/mol. The van der Waals surface area contributed by atoms with Crippen molar-refractivity contribution in [2.45, 2.75) is 32.4 Å². The van der Waals surface area contributed by atoms with Crippen LogP contribution in [0.4, 0.5) is 8.78 Å². The summed E-state index contributed by atoms with van der Waals surface area (Å²) in [4.78, 5) is 16.3. The third-order valence-electron chi connectivity index (χ3n) is 4.34. The van der Waals surface area contributed by atoms with Gasteiger partial charge in [0.25, 0.3) is 0 Å². The number of imidazole rings is 1. The highest BCUT2D eigenvalue weighted by atomic mass is 19.3. The Hall–Kier alpha value is -3.16. The lowest BCUT2D eigenvalue weighted by molar-refractivity contribution is -0.149. The van der Waals surface area contributed by atoms with Gasteiger partial charge >= 0.3 is 12.5 Å². The molecule has 0 spiro atoms. The highest BCUT2D eigenvalue weighted by Crippen LogP contribution is 2.28. The van der Waals surface area contributed by atoms with Gasteiger partial charge in [-0.25, -0.2) is 4.98 Å². The number of rotatable bonds is 9. The first-order chi connectivity index (χ1) is 14.0. The molecule has 3 rings (SSSR count). The number of carbonyl (C=O) groups excluding carboxylic acids is 1. The second kappa shape index (κ2) is 9.36. The van der Waals surface area contributed by atoms with Gasteiger partial charge in [0, 0.05) is 6.42 Å². The summed E-state index contributed by atoms with van der Waals surface area (Å²) in [5, 5.41) is 0. The van der Waals surface area contributed by atoms with Crippen molar-refractivity contribution in [3.8, 4) is 11.5 Å². The molecule has 1 heterocycles. The molecule has 3 aromatic rings. The smallest absolute Gasteiger partial charge is 0.320 e. The number of methoxy groups -OCH3 is 1. The normalized spacial score (nSPS) is 12.2. The minimum absolute atomic E-state index is 0.0176. The van der Waals surface area contributed by atoms with Crippen LogP contribution in [-0.4, -0.2) is 29.2 Å². The number of alkyl halides is 2. The molecule has 0 bridgehead atoms. The van der Waals surface area contributed by atoms with E-state index in [4.69, 9.17) is 14.2 Å². The van der Waals surface area contributed by atoms with Crippen LogP contribution in [0.2, 0.25) is 0 Å². The lowest BCUT2D eigenvalue weighted by atomic mass is 10.3. The first-order valence-electron chi connectivity index (χ1n) is 9.21. The molecule has 0 saturated heterocycles. The maximum absolute atomic E-state index is 13.5. The summed E-state index contributed by atoms with van der Waals surface area (Å²) in [6.07, 6.45) is -0.357. The van der Waals surface area contributed by atoms with Crippen molar-refractivity contribution < 1.29 is 27.8 Å². The van der Waals surface area contributed by atoms with Gasteiger partial charge in [-0.3, -0.25) is 9.36 Å². The van der Waals surface area contributed by atoms with E-state index in [0.29, 0.717) is 29.8 Å². The molecule has 154 valence electrons. The number of benzene rings is 2. The van der Waals surface area contributed by atoms with Gasteiger partial charge in [-0.15, -0.1) is 0 Å². The average molecular weight is 404 g/mol. The van der Waals surface area contributed by atoms with Crippen molar-refractivity contribution in [3.05, 3.63) is 54.4 Å². The third kappa shape index (κ3) is 5.01. The summed E-state index contributed by atoms with van der Waals surface area (Å²) in [7, 11) is 1.58. The molecule has 6 nitrogen and oxygen atoms in total. The Kier molecular flexibility index (Phi) is 6.64. The van der Waals surface area contributed by atoms with Gasteiger partial charge in [-0.2, -0.15) is 8.78 Å². The quantitative estimate of drug-likeness (QED) is 0.375. The molecule has 1 unspecified atom stereocenters. The van der Waals surface area contributed by atoms with Gasteiger partial charge in [0.15, 0.2) is 11.9 Å². The van der Waals surface area contributed by atoms with E-state index in [1.54, 1.807) is 55.6 Å². The second-order valence-electron chi connectivity index (χ2n) is 6.37. The Morgan fingerprint density at radius 3 is 2.48 bits per heavy atom. The summed E-state index contributed by atoms with van der Waals surface area (Å²) in [5.41, 5.74) is 0.729. The predicted molar refractivity (Wildman–Crippen MR) is 103 cm³/mol. The summed E-state index contributed by atoms with van der Waals surface area (Å²) in [6, 6.07) is 13.7. The van der Waals surface area contributed by atoms with Crippen molar-refractivity contribution in [1.82, 2.24) is 9.55 Å². The Balaban J connectivity index is 1.52. The molecule has 0 radical (unpaired) electrons. The molecule has 1 aromatic heterocycles. The molecular formula is C21H22F2N2O4. The standard InChI is InChI=1S/C21H22F2N2O4/c1-14(20-24-17-6-3-4-7-18(17)25(20)21(22)23)29-19(26)8-5-13-28-16-11-9-15(27-2)10-12-16/h3-4,6-7,9-12,14,21H,5,8,13H2,1-2H3. The summed E-state index contributed by atoms with van der Waals surface area (Å²) >= 11 is 0. The molecule has 0 amide bonds. The van der Waals surface area contributed by atoms with Crippen LogP contribution in [0, 0.1) is 0 Å². The van der Waals surface area contributed by atoms with Gasteiger partial charge in [-0.05, 0) is 49.7 Å². The first-order valence-corrected chi connectivity index (χ1v) is 9.21. The number of esters is 1. The van der Waals surface area contributed by atoms with Crippen LogP contribution < -0.4 is 9.47 Å². The topological polar surface area (TPSA) is 62.6 Å². The van der Waals surface area contributed by atoms with E-state index in [1.807, 2.05) is 0 Å². The van der Waals surface area contributed by atoms with Gasteiger partial charge in [0.2, 0.25) is 0 Å². The number of halogens is 2. The maximum Gasteiger partial charge on any atom is 0.320 e. The van der Waals surface area contributed by atoms with E-state index in [2.05, 4.69) is 4.98 Å². The highest BCUT2D eigenvalue weighted by molar-refractivity contribution is 5.76. The largest absolute Gasteiger partial charge is 0.497 e. The lowest BCUT2D eigenvalue weighted by Gasteiger charge is -2.15. The Bertz CT molecular complexity index is 957. The predicted octanol–water partition coefficient (Wildman–Crippen LogP) is 4.90. The van der Waals surface area contributed by atoms with Crippen LogP contribution >= 0.6 is 0 Å². The second-order valence-corrected chi connectivity index (χ2v) is 6.37. The average Bonchev–Trinajstić information content (AvgIpc) is 3.12. The van der Waals surface area contributed by atoms with Gasteiger partial charge in [-0.1, -0.05) is 12.1 Å². The maximum atomic E-state index is 13.5. The van der Waals surface area contributed by atoms with Gasteiger partial charge in [0.05, 0.1) is 24.8 Å². The summed E-state index contributed by atoms with van der Waals surface area (Å²) < 4.78 is 43.7. The molecule has 2 aromatic carbocycles. The van der Waals surface area contributed by atoms with Crippen LogP contribution in [-0.2, 0) is 9.53 Å². The van der Waals surface area contributed by atoms with Crippen LogP contribution in [0.25, 0.3) is 11.0 Å². The van der Waals surface area contributed by atoms with Crippen molar-refractivity contribution >= 4 is 17.0 Å². The van der Waals surface area contributed by atoms with E-state index in [9.17, 15) is 13.6 Å². The SMILES string of the molecule is COc1ccc(OCCCC(=O)OC(C)c2nc3ccccc3n2C(F)F)cc1. The number of para-hydroxylation sites is 2. The van der Waals surface area contributed by atoms with E-state index in [1.165, 1.54) is 6.92 Å². The molecule has 0 N–H and O–H groups in total. The fourth-order valence-electron chi connectivity index (χ4n) is 2.94. The van der Waals surface area contributed by atoms with Crippen LogP contribution in [0.1, 0.15) is 38.2 Å². The van der Waals surface area contributed by atoms with Gasteiger partial charge < -0.3 is 14.2 Å². The molecule has 0 aliphatic rings. The zero-order valence-electron chi connectivity index (χ0n) is 16.2. The number of ether oxygens (including phenoxy) is 3. The number of carbonyl (C=O) groups is 1. The van der Waals surface area contributed by atoms with Crippen molar-refractivity contribution in [2.75, 3.05) is 13.7 Å². The zero-order chi connectivity index (χ0) is 20.8. The molecule has 0 aliphatic heterocycles. The highest BCUT2D eigenvalue weighted by Gasteiger charge is 2.24. The van der Waals surface area contributed by atoms with Crippen LogP contribution in [0.5, 0.6) is 11.5 Å². The molecule has 29 heavy (non-hydrogen) atoms. The fraction of sp³-hybridized carbons (Fsp3) is 0.333. The summed E-state index contributed by atoms with van der Waals surface area (Å²) in [6.45, 7) is -0.923. The van der Waals surface area contributed by atoms with Crippen molar-refractivity contribution in [1.29, 1.82) is 0 Å². The number of nitrogens with zero attached hydrogens (tertiary/aromatic N) is 2. The van der Waals surface area contributed by atoms with Gasteiger partial charge in [0.1, 0.15) is 11.5 Å². The molecule has 0 saturated carbocycles. The molecule has 1 atom stereocenters. The number of fused-ring (bicyclic) bond motifs is 1. The number of hydrogen-bond acceptors (Lipinski definition) is 5. The molecule has 0 aliphatic carbocycles. The minimum atomic E-state index is -2.78. The van der Waals surface area contributed by atoms with Crippen LogP contribution in [0.15, 0.2) is 48.5 Å². The Labute approximate surface area is 167 Å². The van der Waals surface area contributed by atoms with Crippen molar-refractivity contribution in [3.63, 3.8) is 0 Å². The van der Waals surface area contributed by atoms with E-state index < -0.39 is 18.6 Å². The fourth-order valence-corrected chi connectivity index (χ4v) is 2.94. The molecule has 8 heteroatoms. The minimum Gasteiger partial charge on any atom is -0.497 e. The van der Waals surface area contributed by atoms with E-state index in [0.717, 1.165) is 10.3 Å². The third-order valence-corrected chi connectivity index (χ3v) is 4.34. The van der Waals surface area contributed by atoms with E-state index in [-0.39, 0.29) is 12.2 Å².